The molecule has 0 bridgehead atoms. The molecule has 104 valence electrons. The van der Waals surface area contributed by atoms with Crippen LogP contribution in [0.5, 0.6) is 0 Å². The maximum Gasteiger partial charge on any atom is 0.335 e. The van der Waals surface area contributed by atoms with Gasteiger partial charge in [0, 0.05) is 3.57 Å². The Kier molecular flexibility index (Phi) is 7.15. The van der Waals surface area contributed by atoms with Crippen molar-refractivity contribution < 1.29 is 15.1 Å². The van der Waals surface area contributed by atoms with Crippen LogP contribution in [-0.2, 0) is 0 Å². The van der Waals surface area contributed by atoms with E-state index in [-0.39, 0.29) is 5.38 Å². The summed E-state index contributed by atoms with van der Waals surface area (Å²) < 4.78 is 1.04. The van der Waals surface area contributed by atoms with Crippen LogP contribution in [0.4, 0.5) is 0 Å². The maximum absolute atomic E-state index is 10.3. The first kappa shape index (κ1) is 16.2. The van der Waals surface area contributed by atoms with Crippen LogP contribution in [0.15, 0.2) is 29.4 Å². The van der Waals surface area contributed by atoms with Gasteiger partial charge in [0.15, 0.2) is 0 Å². The normalized spacial score (nSPS) is 20.5. The van der Waals surface area contributed by atoms with Crippen molar-refractivity contribution in [2.24, 2.45) is 5.16 Å². The third kappa shape index (κ3) is 5.78. The molecule has 0 heterocycles. The summed E-state index contributed by atoms with van der Waals surface area (Å²) >= 11 is 7.92. The second kappa shape index (κ2) is 8.37. The zero-order valence-corrected chi connectivity index (χ0v) is 13.1. The van der Waals surface area contributed by atoms with Crippen molar-refractivity contribution in [2.75, 3.05) is 0 Å². The Morgan fingerprint density at radius 3 is 2.37 bits per heavy atom. The lowest BCUT2D eigenvalue weighted by Gasteiger charge is -2.15. The molecule has 0 aliphatic heterocycles. The van der Waals surface area contributed by atoms with Gasteiger partial charge in [0.05, 0.1) is 16.7 Å². The van der Waals surface area contributed by atoms with E-state index in [4.69, 9.17) is 21.9 Å². The van der Waals surface area contributed by atoms with Crippen molar-refractivity contribution in [1.29, 1.82) is 0 Å². The number of carboxylic acids is 1. The summed E-state index contributed by atoms with van der Waals surface area (Å²) in [6.45, 7) is 0. The van der Waals surface area contributed by atoms with Crippen molar-refractivity contribution in [3.05, 3.63) is 33.4 Å². The van der Waals surface area contributed by atoms with Gasteiger partial charge in [-0.25, -0.2) is 4.79 Å². The number of rotatable bonds is 1. The molecule has 4 nitrogen and oxygen atoms in total. The summed E-state index contributed by atoms with van der Waals surface area (Å²) in [6, 6.07) is 6.71. The predicted octanol–water partition coefficient (Wildman–Crippen LogP) is 3.99. The molecule has 0 saturated heterocycles. The van der Waals surface area contributed by atoms with E-state index in [1.165, 1.54) is 0 Å². The molecule has 0 aromatic heterocycles. The summed E-state index contributed by atoms with van der Waals surface area (Å²) in [4.78, 5) is 10.3. The van der Waals surface area contributed by atoms with Gasteiger partial charge in [-0.2, -0.15) is 0 Å². The molecular weight excluding hydrogens is 381 g/mol. The Morgan fingerprint density at radius 1 is 1.32 bits per heavy atom. The number of carbonyl (C=O) groups is 1. The fraction of sp³-hybridized carbons (Fsp3) is 0.385. The molecule has 19 heavy (non-hydrogen) atoms. The lowest BCUT2D eigenvalue weighted by Crippen LogP contribution is -2.18. The Bertz CT molecular complexity index is 448. The van der Waals surface area contributed by atoms with E-state index in [2.05, 4.69) is 27.7 Å². The van der Waals surface area contributed by atoms with Gasteiger partial charge in [0.2, 0.25) is 0 Å². The zero-order valence-electron chi connectivity index (χ0n) is 10.2. The minimum absolute atomic E-state index is 0.0104. The lowest BCUT2D eigenvalue weighted by molar-refractivity contribution is 0.0697. The molecule has 1 saturated carbocycles. The Labute approximate surface area is 130 Å². The molecule has 0 amide bonds. The van der Waals surface area contributed by atoms with Crippen LogP contribution in [0, 0.1) is 3.57 Å². The van der Waals surface area contributed by atoms with E-state index in [9.17, 15) is 4.79 Å². The minimum atomic E-state index is -0.878. The smallest absolute Gasteiger partial charge is 0.335 e. The van der Waals surface area contributed by atoms with Gasteiger partial charge >= 0.3 is 5.97 Å². The first-order valence-electron chi connectivity index (χ1n) is 5.88. The van der Waals surface area contributed by atoms with Crippen LogP contribution >= 0.6 is 34.2 Å². The lowest BCUT2D eigenvalue weighted by atomic mass is 9.98. The number of nitrogens with zero attached hydrogens (tertiary/aromatic N) is 1. The summed E-state index contributed by atoms with van der Waals surface area (Å²) in [5.74, 6) is -0.878. The Balaban J connectivity index is 0.000000191. The van der Waals surface area contributed by atoms with Crippen LogP contribution in [0.2, 0.25) is 0 Å². The molecule has 2 N–H and O–H groups in total. The quantitative estimate of drug-likeness (QED) is 0.327. The first-order valence-corrected chi connectivity index (χ1v) is 7.40. The van der Waals surface area contributed by atoms with Gasteiger partial charge in [-0.1, -0.05) is 11.6 Å². The van der Waals surface area contributed by atoms with Crippen LogP contribution in [0.1, 0.15) is 36.0 Å². The third-order valence-electron chi connectivity index (χ3n) is 2.72. The highest BCUT2D eigenvalue weighted by atomic mass is 127. The van der Waals surface area contributed by atoms with Gasteiger partial charge in [0.1, 0.15) is 0 Å². The van der Waals surface area contributed by atoms with Crippen LogP contribution in [-0.4, -0.2) is 27.4 Å². The molecule has 1 unspecified atom stereocenters. The van der Waals surface area contributed by atoms with Crippen molar-refractivity contribution >= 4 is 45.9 Å². The van der Waals surface area contributed by atoms with Crippen molar-refractivity contribution in [3.63, 3.8) is 0 Å². The zero-order chi connectivity index (χ0) is 14.3. The number of alkyl halides is 1. The van der Waals surface area contributed by atoms with Gasteiger partial charge in [-0.05, 0) is 66.1 Å². The van der Waals surface area contributed by atoms with E-state index < -0.39 is 5.97 Å². The van der Waals surface area contributed by atoms with Gasteiger partial charge < -0.3 is 10.3 Å². The summed E-state index contributed by atoms with van der Waals surface area (Å²) in [5.41, 5.74) is 1.09. The van der Waals surface area contributed by atoms with E-state index >= 15 is 0 Å². The fourth-order valence-electron chi connectivity index (χ4n) is 1.66. The van der Waals surface area contributed by atoms with E-state index in [1.807, 2.05) is 0 Å². The second-order valence-electron chi connectivity index (χ2n) is 4.12. The minimum Gasteiger partial charge on any atom is -0.478 e. The monoisotopic (exact) mass is 395 g/mol. The number of benzene rings is 1. The average molecular weight is 396 g/mol. The van der Waals surface area contributed by atoms with Crippen molar-refractivity contribution in [1.82, 2.24) is 0 Å². The summed E-state index contributed by atoms with van der Waals surface area (Å²) in [5, 5.41) is 19.9. The van der Waals surface area contributed by atoms with Gasteiger partial charge in [-0.15, -0.1) is 11.6 Å². The molecule has 0 spiro atoms. The number of oxime groups is 1. The predicted molar refractivity (Wildman–Crippen MR) is 83.4 cm³/mol. The van der Waals surface area contributed by atoms with Crippen LogP contribution in [0.25, 0.3) is 0 Å². The number of hydrogen-bond donors (Lipinski definition) is 2. The summed E-state index contributed by atoms with van der Waals surface area (Å²) in [6.07, 6.45) is 4.10. The topological polar surface area (TPSA) is 69.9 Å². The molecule has 6 heteroatoms. The van der Waals surface area contributed by atoms with E-state index in [0.29, 0.717) is 5.56 Å². The Hall–Kier alpha value is -0.820. The number of hydrogen-bond acceptors (Lipinski definition) is 3. The van der Waals surface area contributed by atoms with E-state index in [1.54, 1.807) is 24.3 Å². The average Bonchev–Trinajstić information content (AvgIpc) is 2.40. The molecule has 1 fully saturated rings. The highest BCUT2D eigenvalue weighted by Crippen LogP contribution is 2.19. The molecule has 1 aromatic carbocycles. The molecule has 2 rings (SSSR count). The van der Waals surface area contributed by atoms with Crippen LogP contribution < -0.4 is 0 Å². The van der Waals surface area contributed by atoms with E-state index in [0.717, 1.165) is 35.0 Å². The van der Waals surface area contributed by atoms with Crippen molar-refractivity contribution in [2.45, 2.75) is 31.1 Å². The highest BCUT2D eigenvalue weighted by molar-refractivity contribution is 14.1. The molecule has 1 aliphatic carbocycles. The Morgan fingerprint density at radius 2 is 1.95 bits per heavy atom. The standard InChI is InChI=1S/C7H5IO2.C6H10ClNO/c8-6-3-1-5(2-4-6)7(9)10;7-5-3-1-2-4-6(5)8-9/h1-4H,(H,9,10);5,9H,1-4H2/b;8-6-. The number of aromatic carboxylic acids is 1. The fourth-order valence-corrected chi connectivity index (χ4v) is 2.32. The molecule has 1 aromatic rings. The van der Waals surface area contributed by atoms with Crippen LogP contribution in [0.3, 0.4) is 0 Å². The molecule has 1 aliphatic rings. The second-order valence-corrected chi connectivity index (χ2v) is 5.89. The summed E-state index contributed by atoms with van der Waals surface area (Å²) in [7, 11) is 0. The highest BCUT2D eigenvalue weighted by Gasteiger charge is 2.17. The van der Waals surface area contributed by atoms with Gasteiger partial charge in [-0.3, -0.25) is 0 Å². The molecule has 1 atom stereocenters. The largest absolute Gasteiger partial charge is 0.478 e. The SMILES string of the molecule is O/N=C1/CCCCC1Cl.O=C(O)c1ccc(I)cc1. The maximum atomic E-state index is 10.3. The first-order chi connectivity index (χ1) is 9.04. The number of carboxylic acid groups (broad SMARTS) is 1. The molecule has 0 radical (unpaired) electrons. The third-order valence-corrected chi connectivity index (χ3v) is 3.91. The number of halogens is 2. The molecular formula is C13H15ClINO3. The van der Waals surface area contributed by atoms with Crippen molar-refractivity contribution in [3.8, 4) is 0 Å². The van der Waals surface area contributed by atoms with Gasteiger partial charge in [0.25, 0.3) is 0 Å².